The molecular formula is C12H15NO4. The minimum Gasteiger partial charge on any atom is -0.497 e. The summed E-state index contributed by atoms with van der Waals surface area (Å²) < 4.78 is 9.97. The molecule has 0 aliphatic carbocycles. The van der Waals surface area contributed by atoms with Gasteiger partial charge in [-0.05, 0) is 17.7 Å². The molecule has 5 heteroatoms. The quantitative estimate of drug-likeness (QED) is 0.453. The zero-order valence-corrected chi connectivity index (χ0v) is 9.80. The fourth-order valence-electron chi connectivity index (χ4n) is 1.39. The summed E-state index contributed by atoms with van der Waals surface area (Å²) in [5, 5.41) is 2.44. The van der Waals surface area contributed by atoms with Crippen molar-refractivity contribution in [1.29, 1.82) is 0 Å². The zero-order valence-electron chi connectivity index (χ0n) is 9.80. The lowest BCUT2D eigenvalue weighted by molar-refractivity contribution is -0.148. The van der Waals surface area contributed by atoms with E-state index in [2.05, 4.69) is 5.32 Å². The number of nitrogens with one attached hydrogen (secondary N) is 1. The van der Waals surface area contributed by atoms with E-state index in [4.69, 9.17) is 9.47 Å². The average Bonchev–Trinajstić information content (AvgIpc) is 2.29. The summed E-state index contributed by atoms with van der Waals surface area (Å²) in [5.74, 6) is 0.319. The van der Waals surface area contributed by atoms with Crippen molar-refractivity contribution in [3.8, 4) is 5.75 Å². The van der Waals surface area contributed by atoms with Crippen LogP contribution in [-0.4, -0.2) is 25.7 Å². The minimum absolute atomic E-state index is 0.419. The predicted octanol–water partition coefficient (Wildman–Crippen LogP) is 0.873. The molecule has 1 aromatic rings. The Bertz CT molecular complexity index is 375. The van der Waals surface area contributed by atoms with Crippen LogP contribution >= 0.6 is 0 Å². The first kappa shape index (κ1) is 13.0. The first-order valence-corrected chi connectivity index (χ1v) is 5.15. The van der Waals surface area contributed by atoms with Crippen molar-refractivity contribution in [1.82, 2.24) is 5.32 Å². The maximum atomic E-state index is 10.8. The van der Waals surface area contributed by atoms with Crippen molar-refractivity contribution in [3.63, 3.8) is 0 Å². The molecule has 1 amide bonds. The normalized spacial score (nSPS) is 11.4. The molecule has 5 nitrogen and oxygen atoms in total. The third-order valence-corrected chi connectivity index (χ3v) is 2.14. The Kier molecular flexibility index (Phi) is 5.00. The maximum absolute atomic E-state index is 10.8. The fraction of sp³-hybridized carbons (Fsp3) is 0.333. The van der Waals surface area contributed by atoms with E-state index in [9.17, 15) is 9.59 Å². The monoisotopic (exact) mass is 237 g/mol. The molecule has 0 radical (unpaired) electrons. The van der Waals surface area contributed by atoms with E-state index in [1.165, 1.54) is 6.92 Å². The number of esters is 1. The number of hydrogen-bond acceptors (Lipinski definition) is 4. The Morgan fingerprint density at radius 3 is 2.53 bits per heavy atom. The molecule has 17 heavy (non-hydrogen) atoms. The number of methoxy groups -OCH3 is 1. The van der Waals surface area contributed by atoms with E-state index < -0.39 is 12.2 Å². The van der Waals surface area contributed by atoms with Crippen LogP contribution in [-0.2, 0) is 20.7 Å². The van der Waals surface area contributed by atoms with Crippen molar-refractivity contribution in [2.24, 2.45) is 0 Å². The summed E-state index contributed by atoms with van der Waals surface area (Å²) in [7, 11) is 1.59. The summed E-state index contributed by atoms with van der Waals surface area (Å²) >= 11 is 0. The lowest BCUT2D eigenvalue weighted by Gasteiger charge is -2.15. The van der Waals surface area contributed by atoms with Gasteiger partial charge in [0.05, 0.1) is 7.11 Å². The van der Waals surface area contributed by atoms with Gasteiger partial charge in [0, 0.05) is 13.3 Å². The number of benzene rings is 1. The molecule has 0 fully saturated rings. The van der Waals surface area contributed by atoms with E-state index >= 15 is 0 Å². The van der Waals surface area contributed by atoms with Gasteiger partial charge in [-0.3, -0.25) is 9.59 Å². The van der Waals surface area contributed by atoms with Crippen LogP contribution in [0.25, 0.3) is 0 Å². The van der Waals surface area contributed by atoms with Gasteiger partial charge in [0.1, 0.15) is 5.75 Å². The largest absolute Gasteiger partial charge is 0.497 e. The Balaban J connectivity index is 2.64. The second kappa shape index (κ2) is 6.52. The Morgan fingerprint density at radius 1 is 1.41 bits per heavy atom. The molecule has 0 aromatic heterocycles. The molecule has 0 aliphatic rings. The van der Waals surface area contributed by atoms with Crippen LogP contribution in [0, 0.1) is 0 Å². The number of ether oxygens (including phenoxy) is 2. The molecular weight excluding hydrogens is 222 g/mol. The highest BCUT2D eigenvalue weighted by Crippen LogP contribution is 2.12. The predicted molar refractivity (Wildman–Crippen MR) is 61.5 cm³/mol. The van der Waals surface area contributed by atoms with Crippen LogP contribution in [0.15, 0.2) is 24.3 Å². The topological polar surface area (TPSA) is 64.6 Å². The van der Waals surface area contributed by atoms with E-state index in [0.717, 1.165) is 11.3 Å². The zero-order chi connectivity index (χ0) is 12.7. The van der Waals surface area contributed by atoms with Gasteiger partial charge >= 0.3 is 5.97 Å². The van der Waals surface area contributed by atoms with Gasteiger partial charge in [-0.2, -0.15) is 0 Å². The number of rotatable bonds is 6. The summed E-state index contributed by atoms with van der Waals surface area (Å²) in [6, 6.07) is 7.31. The first-order chi connectivity index (χ1) is 8.15. The lowest BCUT2D eigenvalue weighted by Crippen LogP contribution is -2.34. The third-order valence-electron chi connectivity index (χ3n) is 2.14. The number of carbonyl (C=O) groups is 2. The smallest absolute Gasteiger partial charge is 0.304 e. The summed E-state index contributed by atoms with van der Waals surface area (Å²) in [6.07, 6.45) is 0.290. The molecule has 0 saturated carbocycles. The van der Waals surface area contributed by atoms with Gasteiger partial charge < -0.3 is 14.8 Å². The second-order valence-electron chi connectivity index (χ2n) is 3.43. The van der Waals surface area contributed by atoms with Crippen molar-refractivity contribution in [3.05, 3.63) is 29.8 Å². The number of carbonyl (C=O) groups excluding carboxylic acids is 2. The van der Waals surface area contributed by atoms with Gasteiger partial charge in [-0.15, -0.1) is 0 Å². The molecule has 0 heterocycles. The van der Waals surface area contributed by atoms with E-state index in [1.54, 1.807) is 19.2 Å². The Labute approximate surface area is 99.7 Å². The first-order valence-electron chi connectivity index (χ1n) is 5.15. The molecule has 1 rings (SSSR count). The van der Waals surface area contributed by atoms with Gasteiger partial charge in [-0.25, -0.2) is 0 Å². The van der Waals surface area contributed by atoms with E-state index in [0.29, 0.717) is 12.8 Å². The van der Waals surface area contributed by atoms with Crippen LogP contribution < -0.4 is 10.1 Å². The molecule has 1 unspecified atom stereocenters. The Hall–Kier alpha value is -2.04. The van der Waals surface area contributed by atoms with Gasteiger partial charge in [0.25, 0.3) is 0 Å². The SMILES string of the molecule is COc1ccc(CC(NC=O)OC(C)=O)cc1. The highest BCUT2D eigenvalue weighted by Gasteiger charge is 2.11. The van der Waals surface area contributed by atoms with Gasteiger partial charge in [0.2, 0.25) is 6.41 Å². The summed E-state index contributed by atoms with van der Waals surface area (Å²) in [6.45, 7) is 1.30. The summed E-state index contributed by atoms with van der Waals surface area (Å²) in [4.78, 5) is 21.2. The van der Waals surface area contributed by atoms with Crippen molar-refractivity contribution in [2.75, 3.05) is 7.11 Å². The van der Waals surface area contributed by atoms with Crippen LogP contribution in [0.3, 0.4) is 0 Å². The van der Waals surface area contributed by atoms with E-state index in [-0.39, 0.29) is 0 Å². The maximum Gasteiger partial charge on any atom is 0.304 e. The second-order valence-corrected chi connectivity index (χ2v) is 3.43. The minimum atomic E-state index is -0.640. The highest BCUT2D eigenvalue weighted by atomic mass is 16.6. The fourth-order valence-corrected chi connectivity index (χ4v) is 1.39. The Morgan fingerprint density at radius 2 is 2.06 bits per heavy atom. The molecule has 0 aliphatic heterocycles. The van der Waals surface area contributed by atoms with Crippen LogP contribution in [0.4, 0.5) is 0 Å². The molecule has 1 N–H and O–H groups in total. The molecule has 1 aromatic carbocycles. The highest BCUT2D eigenvalue weighted by molar-refractivity contribution is 5.66. The third kappa shape index (κ3) is 4.55. The van der Waals surface area contributed by atoms with Crippen molar-refractivity contribution >= 4 is 12.4 Å². The number of hydrogen-bond donors (Lipinski definition) is 1. The van der Waals surface area contributed by atoms with Crippen LogP contribution in [0.1, 0.15) is 12.5 Å². The van der Waals surface area contributed by atoms with Gasteiger partial charge in [0.15, 0.2) is 6.23 Å². The molecule has 0 spiro atoms. The number of amides is 1. The average molecular weight is 237 g/mol. The summed E-state index contributed by atoms with van der Waals surface area (Å²) in [5.41, 5.74) is 0.936. The molecule has 92 valence electrons. The van der Waals surface area contributed by atoms with Crippen LogP contribution in [0.2, 0.25) is 0 Å². The van der Waals surface area contributed by atoms with E-state index in [1.807, 2.05) is 12.1 Å². The van der Waals surface area contributed by atoms with Crippen molar-refractivity contribution < 1.29 is 19.1 Å². The van der Waals surface area contributed by atoms with Gasteiger partial charge in [-0.1, -0.05) is 12.1 Å². The standard InChI is InChI=1S/C12H15NO4/c1-9(15)17-12(13-8-14)7-10-3-5-11(16-2)6-4-10/h3-6,8,12H,7H2,1-2H3,(H,13,14). The lowest BCUT2D eigenvalue weighted by atomic mass is 10.1. The van der Waals surface area contributed by atoms with Crippen LogP contribution in [0.5, 0.6) is 5.75 Å². The molecule has 0 bridgehead atoms. The molecule has 0 saturated heterocycles. The molecule has 1 atom stereocenters. The van der Waals surface area contributed by atoms with Crippen molar-refractivity contribution in [2.45, 2.75) is 19.6 Å².